The number of hydrogen-bond acceptors (Lipinski definition) is 4. The molecule has 2 fully saturated rings. The first-order valence-electron chi connectivity index (χ1n) is 6.11. The summed E-state index contributed by atoms with van der Waals surface area (Å²) in [6, 6.07) is 0.761. The Morgan fingerprint density at radius 2 is 2.06 bits per heavy atom. The zero-order chi connectivity index (χ0) is 11.4. The molecule has 0 radical (unpaired) electrons. The molecule has 4 nitrogen and oxygen atoms in total. The summed E-state index contributed by atoms with van der Waals surface area (Å²) in [6.07, 6.45) is 1.82. The van der Waals surface area contributed by atoms with Gasteiger partial charge in [0.25, 0.3) is 0 Å². The Bertz CT molecular complexity index is 235. The molecular weight excluding hydrogens is 222 g/mol. The minimum Gasteiger partial charge on any atom is -0.340 e. The first kappa shape index (κ1) is 12.2. The Hall–Kier alpha value is -0.260. The van der Waals surface area contributed by atoms with Crippen molar-refractivity contribution in [2.45, 2.75) is 18.9 Å². The van der Waals surface area contributed by atoms with Crippen LogP contribution in [-0.4, -0.2) is 66.0 Å². The van der Waals surface area contributed by atoms with Gasteiger partial charge in [0.2, 0.25) is 5.91 Å². The van der Waals surface area contributed by atoms with Crippen molar-refractivity contribution in [2.24, 2.45) is 5.73 Å². The van der Waals surface area contributed by atoms with Gasteiger partial charge < -0.3 is 10.6 Å². The fraction of sp³-hybridized carbons (Fsp3) is 0.909. The number of nitrogens with zero attached hydrogens (tertiary/aromatic N) is 2. The van der Waals surface area contributed by atoms with Gasteiger partial charge >= 0.3 is 0 Å². The lowest BCUT2D eigenvalue weighted by Crippen LogP contribution is -2.52. The Morgan fingerprint density at radius 3 is 2.62 bits per heavy atom. The molecule has 0 aliphatic carbocycles. The highest BCUT2D eigenvalue weighted by molar-refractivity contribution is 7.99. The first-order chi connectivity index (χ1) is 7.81. The molecule has 2 N–H and O–H groups in total. The molecule has 0 aromatic carbocycles. The maximum atomic E-state index is 11.6. The van der Waals surface area contributed by atoms with Crippen molar-refractivity contribution in [1.29, 1.82) is 0 Å². The van der Waals surface area contributed by atoms with Crippen molar-refractivity contribution < 1.29 is 4.79 Å². The maximum Gasteiger partial charge on any atom is 0.223 e. The van der Waals surface area contributed by atoms with Gasteiger partial charge in [0.05, 0.1) is 0 Å². The van der Waals surface area contributed by atoms with Gasteiger partial charge in [0.1, 0.15) is 0 Å². The van der Waals surface area contributed by atoms with Crippen molar-refractivity contribution in [2.75, 3.05) is 44.2 Å². The number of carbonyl (C=O) groups is 1. The molecule has 92 valence electrons. The number of piperazine rings is 1. The lowest BCUT2D eigenvalue weighted by Gasteiger charge is -2.37. The van der Waals surface area contributed by atoms with E-state index in [0.717, 1.165) is 32.2 Å². The zero-order valence-corrected chi connectivity index (χ0v) is 10.5. The van der Waals surface area contributed by atoms with E-state index in [1.807, 2.05) is 4.90 Å². The number of carbonyl (C=O) groups excluding carboxylic acids is 1. The van der Waals surface area contributed by atoms with Crippen LogP contribution >= 0.6 is 11.8 Å². The lowest BCUT2D eigenvalue weighted by molar-refractivity contribution is -0.133. The average molecular weight is 243 g/mol. The summed E-state index contributed by atoms with van der Waals surface area (Å²) >= 11 is 2.05. The molecule has 0 aromatic rings. The second-order valence-electron chi connectivity index (χ2n) is 4.47. The third-order valence-electron chi connectivity index (χ3n) is 3.45. The van der Waals surface area contributed by atoms with Gasteiger partial charge in [-0.25, -0.2) is 0 Å². The molecule has 1 unspecified atom stereocenters. The maximum absolute atomic E-state index is 11.6. The van der Waals surface area contributed by atoms with Crippen LogP contribution in [0.1, 0.15) is 12.8 Å². The second-order valence-corrected chi connectivity index (χ2v) is 5.62. The fourth-order valence-electron chi connectivity index (χ4n) is 2.43. The predicted octanol–water partition coefficient (Wildman–Crippen LogP) is -0.0151. The van der Waals surface area contributed by atoms with Crippen molar-refractivity contribution in [1.82, 2.24) is 9.80 Å². The molecule has 0 aromatic heterocycles. The van der Waals surface area contributed by atoms with Gasteiger partial charge in [-0.2, -0.15) is 11.8 Å². The van der Waals surface area contributed by atoms with E-state index in [2.05, 4.69) is 16.7 Å². The summed E-state index contributed by atoms with van der Waals surface area (Å²) in [6.45, 7) is 4.33. The quantitative estimate of drug-likeness (QED) is 0.757. The number of thioether (sulfide) groups is 1. The third kappa shape index (κ3) is 2.90. The van der Waals surface area contributed by atoms with Crippen LogP contribution in [0.4, 0.5) is 0 Å². The molecule has 1 amide bonds. The summed E-state index contributed by atoms with van der Waals surface area (Å²) < 4.78 is 0. The molecule has 2 saturated heterocycles. The summed E-state index contributed by atoms with van der Waals surface area (Å²) in [5, 5.41) is 0. The van der Waals surface area contributed by atoms with Crippen molar-refractivity contribution >= 4 is 17.7 Å². The van der Waals surface area contributed by atoms with E-state index in [4.69, 9.17) is 5.73 Å². The first-order valence-corrected chi connectivity index (χ1v) is 7.26. The number of amides is 1. The minimum atomic E-state index is 0.225. The molecule has 2 aliphatic rings. The van der Waals surface area contributed by atoms with Crippen LogP contribution in [0.15, 0.2) is 0 Å². The summed E-state index contributed by atoms with van der Waals surface area (Å²) in [7, 11) is 0. The van der Waals surface area contributed by atoms with E-state index in [1.165, 1.54) is 17.9 Å². The van der Waals surface area contributed by atoms with Crippen LogP contribution in [0.3, 0.4) is 0 Å². The second kappa shape index (κ2) is 5.89. The van der Waals surface area contributed by atoms with Crippen LogP contribution in [0.5, 0.6) is 0 Å². The molecule has 2 heterocycles. The third-order valence-corrected chi connectivity index (χ3v) is 4.59. The predicted molar refractivity (Wildman–Crippen MR) is 67.6 cm³/mol. The molecule has 0 bridgehead atoms. The van der Waals surface area contributed by atoms with Gasteiger partial charge in [-0.05, 0) is 12.2 Å². The number of rotatable bonds is 3. The Morgan fingerprint density at radius 1 is 1.31 bits per heavy atom. The molecule has 0 spiro atoms. The fourth-order valence-corrected chi connectivity index (χ4v) is 3.68. The van der Waals surface area contributed by atoms with E-state index in [1.54, 1.807) is 0 Å². The highest BCUT2D eigenvalue weighted by Crippen LogP contribution is 2.23. The number of hydrogen-bond donors (Lipinski definition) is 1. The van der Waals surface area contributed by atoms with Gasteiger partial charge in [0, 0.05) is 50.9 Å². The van der Waals surface area contributed by atoms with E-state index in [0.29, 0.717) is 13.0 Å². The van der Waals surface area contributed by atoms with Crippen LogP contribution in [0.2, 0.25) is 0 Å². The topological polar surface area (TPSA) is 49.6 Å². The highest BCUT2D eigenvalue weighted by atomic mass is 32.2. The monoisotopic (exact) mass is 243 g/mol. The lowest BCUT2D eigenvalue weighted by atomic mass is 10.2. The smallest absolute Gasteiger partial charge is 0.223 e. The van der Waals surface area contributed by atoms with E-state index in [-0.39, 0.29) is 5.91 Å². The average Bonchev–Trinajstić information content (AvgIpc) is 2.83. The molecular formula is C11H21N3OS. The van der Waals surface area contributed by atoms with Gasteiger partial charge in [-0.1, -0.05) is 0 Å². The van der Waals surface area contributed by atoms with Crippen LogP contribution in [0, 0.1) is 0 Å². The van der Waals surface area contributed by atoms with Gasteiger partial charge in [0.15, 0.2) is 0 Å². The van der Waals surface area contributed by atoms with Crippen LogP contribution in [0.25, 0.3) is 0 Å². The molecule has 16 heavy (non-hydrogen) atoms. The minimum absolute atomic E-state index is 0.225. The zero-order valence-electron chi connectivity index (χ0n) is 9.73. The molecule has 2 aliphatic heterocycles. The largest absolute Gasteiger partial charge is 0.340 e. The summed E-state index contributed by atoms with van der Waals surface area (Å²) in [5.41, 5.74) is 5.40. The Kier molecular flexibility index (Phi) is 4.49. The molecule has 2 rings (SSSR count). The summed E-state index contributed by atoms with van der Waals surface area (Å²) in [5.74, 6) is 2.80. The van der Waals surface area contributed by atoms with E-state index in [9.17, 15) is 4.79 Å². The van der Waals surface area contributed by atoms with Gasteiger partial charge in [-0.3, -0.25) is 9.69 Å². The van der Waals surface area contributed by atoms with Crippen molar-refractivity contribution in [3.8, 4) is 0 Å². The van der Waals surface area contributed by atoms with Crippen LogP contribution in [-0.2, 0) is 4.79 Å². The van der Waals surface area contributed by atoms with Crippen molar-refractivity contribution in [3.05, 3.63) is 0 Å². The normalized spacial score (nSPS) is 27.3. The van der Waals surface area contributed by atoms with E-state index < -0.39 is 0 Å². The summed E-state index contributed by atoms with van der Waals surface area (Å²) in [4.78, 5) is 16.2. The highest BCUT2D eigenvalue weighted by Gasteiger charge is 2.27. The molecule has 5 heteroatoms. The number of nitrogens with two attached hydrogens (primary N) is 1. The Balaban J connectivity index is 1.75. The Labute approximate surface area is 102 Å². The SMILES string of the molecule is NCCC(=O)N1CCN(C2CCSC2)CC1. The molecule has 0 saturated carbocycles. The van der Waals surface area contributed by atoms with Crippen LogP contribution < -0.4 is 5.73 Å². The van der Waals surface area contributed by atoms with E-state index >= 15 is 0 Å². The van der Waals surface area contributed by atoms with Gasteiger partial charge in [-0.15, -0.1) is 0 Å². The standard InChI is InChI=1S/C11H21N3OS/c12-3-1-11(15)14-6-4-13(5-7-14)10-2-8-16-9-10/h10H,1-9,12H2. The van der Waals surface area contributed by atoms with Crippen molar-refractivity contribution in [3.63, 3.8) is 0 Å². The molecule has 1 atom stereocenters.